The highest BCUT2D eigenvalue weighted by molar-refractivity contribution is 7.69. The monoisotopic (exact) mass is 289 g/mol. The van der Waals surface area contributed by atoms with Crippen molar-refractivity contribution in [1.29, 1.82) is 0 Å². The molecule has 102 valence electrons. The molecule has 3 rings (SSSR count). The first-order valence-corrected chi connectivity index (χ1v) is 6.93. The van der Waals surface area contributed by atoms with E-state index in [1.54, 1.807) is 48.5 Å². The van der Waals surface area contributed by atoms with Crippen molar-refractivity contribution in [1.82, 2.24) is 0 Å². The number of hydrogen-bond donors (Lipinski definition) is 2. The summed E-state index contributed by atoms with van der Waals surface area (Å²) in [6.07, 6.45) is 0. The third-order valence-corrected chi connectivity index (χ3v) is 2.83. The summed E-state index contributed by atoms with van der Waals surface area (Å²) in [6.45, 7) is 0. The van der Waals surface area contributed by atoms with Crippen molar-refractivity contribution in [3.05, 3.63) is 70.8 Å². The molecule has 0 aromatic heterocycles. The van der Waals surface area contributed by atoms with Crippen LogP contribution in [0.2, 0.25) is 0 Å². The first-order chi connectivity index (χ1) is 9.52. The van der Waals surface area contributed by atoms with Gasteiger partial charge in [-0.2, -0.15) is 0 Å². The van der Waals surface area contributed by atoms with Crippen molar-refractivity contribution in [2.45, 2.75) is 0 Å². The minimum Gasteiger partial charge on any atom is -0.289 e. The zero-order valence-electron chi connectivity index (χ0n) is 10.3. The Labute approximate surface area is 117 Å². The maximum Gasteiger partial charge on any atom is 0.198 e. The maximum absolute atomic E-state index is 12.1. The van der Waals surface area contributed by atoms with Crippen LogP contribution in [0.5, 0.6) is 0 Å². The van der Waals surface area contributed by atoms with Crippen molar-refractivity contribution in [2.75, 3.05) is 0 Å². The maximum atomic E-state index is 12.1. The largest absolute Gasteiger partial charge is 0.289 e. The van der Waals surface area contributed by atoms with E-state index in [0.717, 1.165) is 0 Å². The van der Waals surface area contributed by atoms with Gasteiger partial charge in [0.1, 0.15) is 0 Å². The number of benzene rings is 2. The van der Waals surface area contributed by atoms with Gasteiger partial charge in [0, 0.05) is 22.3 Å². The minimum absolute atomic E-state index is 0.0641. The first-order valence-electron chi connectivity index (χ1n) is 5.69. The fourth-order valence-electron chi connectivity index (χ4n) is 2.05. The topological polar surface area (TPSA) is 94.3 Å². The molecule has 0 bridgehead atoms. The van der Waals surface area contributed by atoms with Gasteiger partial charge >= 0.3 is 0 Å². The van der Waals surface area contributed by atoms with Gasteiger partial charge in [0.2, 0.25) is 0 Å². The van der Waals surface area contributed by atoms with Crippen LogP contribution < -0.4 is 5.14 Å². The number of nitrogens with two attached hydrogens (primary N) is 1. The van der Waals surface area contributed by atoms with Crippen molar-refractivity contribution in [3.63, 3.8) is 0 Å². The lowest BCUT2D eigenvalue weighted by molar-refractivity contribution is 0.0979. The number of carbonyl (C=O) groups excluding carboxylic acids is 2. The molecular formula is C14H11NO4S. The third-order valence-electron chi connectivity index (χ3n) is 2.83. The van der Waals surface area contributed by atoms with Gasteiger partial charge in [-0.3, -0.25) is 9.59 Å². The molecule has 0 aliphatic heterocycles. The number of fused-ring (bicyclic) bond motifs is 2. The number of carbonyl (C=O) groups is 2. The molecule has 6 heteroatoms. The molecule has 5 nitrogen and oxygen atoms in total. The second-order valence-electron chi connectivity index (χ2n) is 4.03. The lowest BCUT2D eigenvalue weighted by Gasteiger charge is -2.16. The molecule has 0 radical (unpaired) electrons. The summed E-state index contributed by atoms with van der Waals surface area (Å²) in [4.78, 5) is 24.2. The van der Waals surface area contributed by atoms with Crippen LogP contribution in [-0.2, 0) is 10.9 Å². The van der Waals surface area contributed by atoms with Gasteiger partial charge in [-0.1, -0.05) is 48.5 Å². The van der Waals surface area contributed by atoms with Gasteiger partial charge in [0.25, 0.3) is 0 Å². The summed E-state index contributed by atoms with van der Waals surface area (Å²) in [7, 11) is -2.62. The Kier molecular flexibility index (Phi) is 4.07. The molecule has 2 N–H and O–H groups in total. The smallest absolute Gasteiger partial charge is 0.198 e. The molecular weight excluding hydrogens is 278 g/mol. The second-order valence-corrected chi connectivity index (χ2v) is 4.61. The van der Waals surface area contributed by atoms with Gasteiger partial charge in [-0.05, 0) is 0 Å². The average molecular weight is 289 g/mol. The van der Waals surface area contributed by atoms with Crippen LogP contribution in [0.4, 0.5) is 0 Å². The average Bonchev–Trinajstić information content (AvgIpc) is 2.44. The zero-order valence-corrected chi connectivity index (χ0v) is 11.2. The molecule has 0 fully saturated rings. The molecule has 2 aromatic rings. The second kappa shape index (κ2) is 5.77. The van der Waals surface area contributed by atoms with Crippen molar-refractivity contribution >= 4 is 22.5 Å². The first kappa shape index (κ1) is 14.1. The van der Waals surface area contributed by atoms with Crippen molar-refractivity contribution in [3.8, 4) is 0 Å². The van der Waals surface area contributed by atoms with Gasteiger partial charge in [-0.15, -0.1) is 0 Å². The van der Waals surface area contributed by atoms with Crippen LogP contribution in [0.1, 0.15) is 31.8 Å². The van der Waals surface area contributed by atoms with E-state index in [4.69, 9.17) is 8.42 Å². The lowest BCUT2D eigenvalue weighted by Crippen LogP contribution is -2.20. The van der Waals surface area contributed by atoms with Crippen molar-refractivity contribution in [2.24, 2.45) is 5.14 Å². The predicted molar refractivity (Wildman–Crippen MR) is 74.3 cm³/mol. The fraction of sp³-hybridized carbons (Fsp3) is 0. The Hall–Kier alpha value is -2.31. The fourth-order valence-corrected chi connectivity index (χ4v) is 2.05. The molecule has 1 aliphatic rings. The van der Waals surface area contributed by atoms with Crippen LogP contribution in [-0.4, -0.2) is 20.0 Å². The molecule has 0 heterocycles. The van der Waals surface area contributed by atoms with Crippen molar-refractivity contribution < 1.29 is 18.0 Å². The molecule has 2 aromatic carbocycles. The molecule has 0 atom stereocenters. The van der Waals surface area contributed by atoms with Crippen LogP contribution >= 0.6 is 0 Å². The van der Waals surface area contributed by atoms with E-state index >= 15 is 0 Å². The number of hydrogen-bond acceptors (Lipinski definition) is 4. The van der Waals surface area contributed by atoms with E-state index < -0.39 is 10.9 Å². The van der Waals surface area contributed by atoms with E-state index in [1.165, 1.54) is 0 Å². The number of ketones is 2. The quantitative estimate of drug-likeness (QED) is 0.602. The van der Waals surface area contributed by atoms with E-state index in [1.807, 2.05) is 0 Å². The van der Waals surface area contributed by atoms with Crippen LogP contribution in [0.15, 0.2) is 48.5 Å². The van der Waals surface area contributed by atoms with Crippen LogP contribution in [0.3, 0.4) is 0 Å². The molecule has 0 unspecified atom stereocenters. The van der Waals surface area contributed by atoms with Gasteiger partial charge in [-0.25, -0.2) is 13.6 Å². The highest BCUT2D eigenvalue weighted by Crippen LogP contribution is 2.26. The normalized spacial score (nSPS) is 12.3. The highest BCUT2D eigenvalue weighted by atomic mass is 32.2. The van der Waals surface area contributed by atoms with Gasteiger partial charge < -0.3 is 0 Å². The van der Waals surface area contributed by atoms with E-state index in [-0.39, 0.29) is 11.6 Å². The highest BCUT2D eigenvalue weighted by Gasteiger charge is 2.28. The number of thiol groups is 1. The summed E-state index contributed by atoms with van der Waals surface area (Å²) in [6, 6.07) is 13.9. The third kappa shape index (κ3) is 2.66. The van der Waals surface area contributed by atoms with Gasteiger partial charge in [0.05, 0.1) is 0 Å². The number of rotatable bonds is 0. The Bertz CT molecular complexity index is 652. The van der Waals surface area contributed by atoms with E-state index in [0.29, 0.717) is 22.3 Å². The molecule has 0 amide bonds. The van der Waals surface area contributed by atoms with E-state index in [2.05, 4.69) is 5.14 Å². The lowest BCUT2D eigenvalue weighted by atomic mass is 9.84. The van der Waals surface area contributed by atoms with Gasteiger partial charge in [0.15, 0.2) is 22.5 Å². The van der Waals surface area contributed by atoms with Crippen LogP contribution in [0, 0.1) is 0 Å². The van der Waals surface area contributed by atoms with E-state index in [9.17, 15) is 9.59 Å². The minimum atomic E-state index is -2.62. The Morgan fingerprint density at radius 3 is 1.05 bits per heavy atom. The summed E-state index contributed by atoms with van der Waals surface area (Å²) in [5.41, 5.74) is 2.02. The Morgan fingerprint density at radius 2 is 0.850 bits per heavy atom. The summed E-state index contributed by atoms with van der Waals surface area (Å²) < 4.78 is 17.6. The molecule has 0 spiro atoms. The summed E-state index contributed by atoms with van der Waals surface area (Å²) in [5, 5.41) is 4.06. The molecule has 0 saturated heterocycles. The SMILES string of the molecule is N[SH](=O)=O.O=C1c2ccccc2C(=O)c2ccccc21. The zero-order chi connectivity index (χ0) is 14.7. The summed E-state index contributed by atoms with van der Waals surface area (Å²) >= 11 is 0. The van der Waals surface area contributed by atoms with Crippen LogP contribution in [0.25, 0.3) is 0 Å². The molecule has 20 heavy (non-hydrogen) atoms. The Balaban J connectivity index is 0.000000328. The standard InChI is InChI=1S/C14H8O2.H3NO2S/c15-13-9-5-1-2-6-10(9)14(16)12-8-4-3-7-11(12)13;1-4(2)3/h1-8H;4H,(H2,1,2,3). The Morgan fingerprint density at radius 1 is 0.650 bits per heavy atom. The molecule has 0 saturated carbocycles. The molecule has 1 aliphatic carbocycles. The summed E-state index contributed by atoms with van der Waals surface area (Å²) in [5.74, 6) is -0.128. The predicted octanol–water partition coefficient (Wildman–Crippen LogP) is 0.934.